The summed E-state index contributed by atoms with van der Waals surface area (Å²) in [7, 11) is 0. The zero-order chi connectivity index (χ0) is 29.0. The normalized spacial score (nSPS) is 15.3. The highest BCUT2D eigenvalue weighted by atomic mass is 16.6. The van der Waals surface area contributed by atoms with Crippen LogP contribution in [-0.4, -0.2) is 83.0 Å². The molecular formula is C29H35N7O5. The maximum absolute atomic E-state index is 13.6. The topological polar surface area (TPSA) is 172 Å². The van der Waals surface area contributed by atoms with Gasteiger partial charge < -0.3 is 36.3 Å². The van der Waals surface area contributed by atoms with E-state index in [1.54, 1.807) is 11.1 Å². The van der Waals surface area contributed by atoms with Gasteiger partial charge in [-0.05, 0) is 11.1 Å². The van der Waals surface area contributed by atoms with Gasteiger partial charge in [0.2, 0.25) is 11.8 Å². The van der Waals surface area contributed by atoms with Gasteiger partial charge in [0.15, 0.2) is 6.10 Å². The molecule has 4 rings (SSSR count). The van der Waals surface area contributed by atoms with Gasteiger partial charge in [0.1, 0.15) is 12.1 Å². The number of piperazine rings is 1. The van der Waals surface area contributed by atoms with Crippen LogP contribution in [0.15, 0.2) is 73.2 Å². The third kappa shape index (κ3) is 8.90. The molecule has 12 nitrogen and oxygen atoms in total. The molecule has 2 aromatic carbocycles. The van der Waals surface area contributed by atoms with Crippen LogP contribution in [0, 0.1) is 0 Å². The van der Waals surface area contributed by atoms with Crippen molar-refractivity contribution in [1.82, 2.24) is 30.8 Å². The van der Waals surface area contributed by atoms with Crippen molar-refractivity contribution >= 4 is 23.8 Å². The first-order valence-electron chi connectivity index (χ1n) is 13.5. The Morgan fingerprint density at radius 3 is 2.05 bits per heavy atom. The Labute approximate surface area is 238 Å². The van der Waals surface area contributed by atoms with Gasteiger partial charge in [-0.1, -0.05) is 60.7 Å². The number of aromatic amines is 1. The molecule has 0 bridgehead atoms. The zero-order valence-corrected chi connectivity index (χ0v) is 22.6. The Morgan fingerprint density at radius 2 is 1.46 bits per heavy atom. The first-order chi connectivity index (χ1) is 19.9. The minimum absolute atomic E-state index is 0.0789. The number of primary amides is 1. The number of rotatable bonds is 12. The fraction of sp³-hybridized carbons (Fsp3) is 0.345. The number of aromatic nitrogens is 2. The SMILES string of the molecule is NC(=O)C(Cc1c[nH]cn1)NC(=O)C(Cc1ccccc1)NC(=O)C(Cc1ccccc1)OC(=O)N1CCNCC1. The van der Waals surface area contributed by atoms with Crippen molar-refractivity contribution in [2.45, 2.75) is 37.5 Å². The van der Waals surface area contributed by atoms with E-state index in [9.17, 15) is 19.2 Å². The molecule has 3 aromatic rings. The first-order valence-corrected chi connectivity index (χ1v) is 13.5. The van der Waals surface area contributed by atoms with E-state index in [2.05, 4.69) is 25.9 Å². The highest BCUT2D eigenvalue weighted by Crippen LogP contribution is 2.11. The van der Waals surface area contributed by atoms with Gasteiger partial charge in [-0.25, -0.2) is 9.78 Å². The van der Waals surface area contributed by atoms with Crippen LogP contribution in [0.3, 0.4) is 0 Å². The average Bonchev–Trinajstić information content (AvgIpc) is 3.51. The number of nitrogens with one attached hydrogen (secondary N) is 4. The second-order valence-corrected chi connectivity index (χ2v) is 9.78. The van der Waals surface area contributed by atoms with E-state index in [1.165, 1.54) is 6.33 Å². The number of imidazole rings is 1. The lowest BCUT2D eigenvalue weighted by molar-refractivity contribution is -0.135. The molecule has 0 saturated carbocycles. The largest absolute Gasteiger partial charge is 0.436 e. The molecule has 1 fully saturated rings. The molecule has 0 aliphatic carbocycles. The number of ether oxygens (including phenoxy) is 1. The lowest BCUT2D eigenvalue weighted by atomic mass is 10.0. The number of hydrogen-bond donors (Lipinski definition) is 5. The van der Waals surface area contributed by atoms with Gasteiger partial charge in [0.25, 0.3) is 5.91 Å². The van der Waals surface area contributed by atoms with Crippen LogP contribution in [0.4, 0.5) is 4.79 Å². The Bertz CT molecular complexity index is 1280. The molecule has 1 aliphatic rings. The van der Waals surface area contributed by atoms with Gasteiger partial charge in [-0.15, -0.1) is 0 Å². The summed E-state index contributed by atoms with van der Waals surface area (Å²) in [5.74, 6) is -1.97. The molecule has 3 atom stereocenters. The molecule has 4 amide bonds. The van der Waals surface area contributed by atoms with Crippen LogP contribution in [0.2, 0.25) is 0 Å². The van der Waals surface area contributed by atoms with E-state index in [0.717, 1.165) is 11.1 Å². The third-order valence-electron chi connectivity index (χ3n) is 6.72. The number of nitrogens with two attached hydrogens (primary N) is 1. The van der Waals surface area contributed by atoms with E-state index in [0.29, 0.717) is 31.9 Å². The van der Waals surface area contributed by atoms with E-state index >= 15 is 0 Å². The standard InChI is InChI=1S/C29H35N7O5/c30-26(37)23(17-22-18-32-19-33-22)34-27(38)24(15-20-7-3-1-4-8-20)35-28(39)25(16-21-9-5-2-6-10-21)41-29(40)36-13-11-31-12-14-36/h1-10,18-19,23-25,31H,11-17H2,(H2,30,37)(H,32,33)(H,34,38)(H,35,39). The number of hydrogen-bond acceptors (Lipinski definition) is 7. The van der Waals surface area contributed by atoms with Crippen LogP contribution in [0.5, 0.6) is 0 Å². The van der Waals surface area contributed by atoms with Crippen LogP contribution >= 0.6 is 0 Å². The Kier molecular flexibility index (Phi) is 10.4. The summed E-state index contributed by atoms with van der Waals surface area (Å²) in [6, 6.07) is 16.2. The van der Waals surface area contributed by atoms with E-state index < -0.39 is 42.0 Å². The van der Waals surface area contributed by atoms with E-state index in [1.807, 2.05) is 60.7 Å². The number of amides is 4. The van der Waals surface area contributed by atoms with Crippen molar-refractivity contribution in [2.75, 3.05) is 26.2 Å². The molecule has 1 aliphatic heterocycles. The minimum Gasteiger partial charge on any atom is -0.436 e. The molecule has 2 heterocycles. The van der Waals surface area contributed by atoms with Crippen molar-refractivity contribution in [2.24, 2.45) is 5.73 Å². The molecule has 41 heavy (non-hydrogen) atoms. The van der Waals surface area contributed by atoms with Crippen LogP contribution in [0.25, 0.3) is 0 Å². The quantitative estimate of drug-likeness (QED) is 0.212. The molecule has 216 valence electrons. The Balaban J connectivity index is 1.53. The van der Waals surface area contributed by atoms with Crippen molar-refractivity contribution < 1.29 is 23.9 Å². The molecular weight excluding hydrogens is 526 g/mol. The number of nitrogens with zero attached hydrogens (tertiary/aromatic N) is 2. The number of H-pyrrole nitrogens is 1. The van der Waals surface area contributed by atoms with Crippen molar-refractivity contribution in [1.29, 1.82) is 0 Å². The Morgan fingerprint density at radius 1 is 0.854 bits per heavy atom. The molecule has 3 unspecified atom stereocenters. The van der Waals surface area contributed by atoms with Gasteiger partial charge in [-0.3, -0.25) is 14.4 Å². The molecule has 0 radical (unpaired) electrons. The summed E-state index contributed by atoms with van der Waals surface area (Å²) in [5.41, 5.74) is 7.69. The summed E-state index contributed by atoms with van der Waals surface area (Å²) in [5, 5.41) is 8.59. The van der Waals surface area contributed by atoms with Crippen molar-refractivity contribution in [3.05, 3.63) is 90.0 Å². The maximum atomic E-state index is 13.6. The van der Waals surface area contributed by atoms with Gasteiger partial charge in [0, 0.05) is 51.6 Å². The van der Waals surface area contributed by atoms with Crippen LogP contribution in [-0.2, 0) is 38.4 Å². The molecule has 1 aromatic heterocycles. The lowest BCUT2D eigenvalue weighted by Gasteiger charge is -2.29. The number of benzene rings is 2. The predicted molar refractivity (Wildman–Crippen MR) is 150 cm³/mol. The van der Waals surface area contributed by atoms with Crippen LogP contribution in [0.1, 0.15) is 16.8 Å². The lowest BCUT2D eigenvalue weighted by Crippen LogP contribution is -2.56. The fourth-order valence-electron chi connectivity index (χ4n) is 4.49. The van der Waals surface area contributed by atoms with Crippen molar-refractivity contribution in [3.8, 4) is 0 Å². The fourth-order valence-corrected chi connectivity index (χ4v) is 4.49. The first kappa shape index (κ1) is 29.3. The highest BCUT2D eigenvalue weighted by molar-refractivity contribution is 5.93. The van der Waals surface area contributed by atoms with E-state index in [-0.39, 0.29) is 19.3 Å². The van der Waals surface area contributed by atoms with E-state index in [4.69, 9.17) is 10.5 Å². The summed E-state index contributed by atoms with van der Waals surface area (Å²) < 4.78 is 5.71. The number of carbonyl (C=O) groups excluding carboxylic acids is 4. The highest BCUT2D eigenvalue weighted by Gasteiger charge is 2.32. The number of carbonyl (C=O) groups is 4. The molecule has 12 heteroatoms. The predicted octanol–water partition coefficient (Wildman–Crippen LogP) is 0.303. The monoisotopic (exact) mass is 561 g/mol. The summed E-state index contributed by atoms with van der Waals surface area (Å²) in [6.45, 7) is 2.18. The van der Waals surface area contributed by atoms with Gasteiger partial charge in [0.05, 0.1) is 12.0 Å². The average molecular weight is 562 g/mol. The van der Waals surface area contributed by atoms with Gasteiger partial charge in [-0.2, -0.15) is 0 Å². The van der Waals surface area contributed by atoms with Crippen LogP contribution < -0.4 is 21.7 Å². The van der Waals surface area contributed by atoms with Gasteiger partial charge >= 0.3 is 6.09 Å². The molecule has 0 spiro atoms. The molecule has 1 saturated heterocycles. The smallest absolute Gasteiger partial charge is 0.410 e. The maximum Gasteiger partial charge on any atom is 0.410 e. The second-order valence-electron chi connectivity index (χ2n) is 9.78. The van der Waals surface area contributed by atoms with Crippen molar-refractivity contribution in [3.63, 3.8) is 0 Å². The Hall–Kier alpha value is -4.71. The summed E-state index contributed by atoms with van der Waals surface area (Å²) >= 11 is 0. The third-order valence-corrected chi connectivity index (χ3v) is 6.72. The summed E-state index contributed by atoms with van der Waals surface area (Å²) in [4.78, 5) is 60.7. The molecule has 6 N–H and O–H groups in total. The zero-order valence-electron chi connectivity index (χ0n) is 22.6. The minimum atomic E-state index is -1.19. The summed E-state index contributed by atoms with van der Waals surface area (Å²) in [6.07, 6.45) is 1.61. The second kappa shape index (κ2) is 14.6.